The van der Waals surface area contributed by atoms with E-state index >= 15 is 0 Å². The number of hydrogen-bond donors (Lipinski definition) is 0. The van der Waals surface area contributed by atoms with Crippen LogP contribution in [0.5, 0.6) is 0 Å². The van der Waals surface area contributed by atoms with Crippen molar-refractivity contribution in [2.24, 2.45) is 47.3 Å². The van der Waals surface area contributed by atoms with E-state index in [4.69, 9.17) is 0 Å². The molecule has 1 aliphatic carbocycles. The molecule has 5 unspecified atom stereocenters. The maximum Gasteiger partial charge on any atom is -0.0386 e. The van der Waals surface area contributed by atoms with E-state index in [1.165, 1.54) is 38.5 Å². The van der Waals surface area contributed by atoms with Crippen molar-refractivity contribution >= 4 is 0 Å². The summed E-state index contributed by atoms with van der Waals surface area (Å²) in [5.41, 5.74) is 0. The third kappa shape index (κ3) is 5.89. The Hall–Kier alpha value is 0. The zero-order chi connectivity index (χ0) is 16.9. The fourth-order valence-electron chi connectivity index (χ4n) is 4.48. The number of hydrogen-bond acceptors (Lipinski definition) is 0. The topological polar surface area (TPSA) is 0 Å². The highest BCUT2D eigenvalue weighted by atomic mass is 14.3. The zero-order valence-electron chi connectivity index (χ0n) is 16.9. The molecule has 0 aromatic carbocycles. The highest BCUT2D eigenvalue weighted by molar-refractivity contribution is 4.78. The second kappa shape index (κ2) is 9.33. The molecule has 1 fully saturated rings. The molecule has 0 nitrogen and oxygen atoms in total. The van der Waals surface area contributed by atoms with Crippen LogP contribution in [0, 0.1) is 47.3 Å². The van der Waals surface area contributed by atoms with Gasteiger partial charge in [-0.15, -0.1) is 0 Å². The minimum atomic E-state index is 0.813. The van der Waals surface area contributed by atoms with Crippen LogP contribution in [0.25, 0.3) is 0 Å². The molecular formula is C22H44. The lowest BCUT2D eigenvalue weighted by Gasteiger charge is -2.34. The van der Waals surface area contributed by atoms with Crippen molar-refractivity contribution < 1.29 is 0 Å². The smallest absolute Gasteiger partial charge is 0.0386 e. The van der Waals surface area contributed by atoms with E-state index in [9.17, 15) is 0 Å². The van der Waals surface area contributed by atoms with Gasteiger partial charge in [-0.25, -0.2) is 0 Å². The third-order valence-electron chi connectivity index (χ3n) is 7.55. The molecule has 0 saturated heterocycles. The van der Waals surface area contributed by atoms with E-state index in [-0.39, 0.29) is 0 Å². The molecule has 0 heteroatoms. The molecule has 1 aliphatic rings. The molecule has 0 bridgehead atoms. The lowest BCUT2D eigenvalue weighted by Crippen LogP contribution is -2.26. The lowest BCUT2D eigenvalue weighted by molar-refractivity contribution is 0.155. The molecule has 22 heavy (non-hydrogen) atoms. The van der Waals surface area contributed by atoms with E-state index in [2.05, 4.69) is 55.4 Å². The van der Waals surface area contributed by atoms with Gasteiger partial charge < -0.3 is 0 Å². The van der Waals surface area contributed by atoms with Gasteiger partial charge >= 0.3 is 0 Å². The quantitative estimate of drug-likeness (QED) is 0.437. The average Bonchev–Trinajstić information content (AvgIpc) is 2.50. The fourth-order valence-corrected chi connectivity index (χ4v) is 4.48. The van der Waals surface area contributed by atoms with Crippen LogP contribution >= 0.6 is 0 Å². The molecule has 0 aliphatic heterocycles. The van der Waals surface area contributed by atoms with Gasteiger partial charge in [-0.1, -0.05) is 81.1 Å². The molecule has 5 atom stereocenters. The molecular weight excluding hydrogens is 264 g/mol. The van der Waals surface area contributed by atoms with Gasteiger partial charge in [0.15, 0.2) is 0 Å². The second-order valence-corrected chi connectivity index (χ2v) is 9.37. The predicted molar refractivity (Wildman–Crippen MR) is 101 cm³/mol. The monoisotopic (exact) mass is 308 g/mol. The first-order chi connectivity index (χ1) is 10.2. The van der Waals surface area contributed by atoms with E-state index in [0.29, 0.717) is 0 Å². The van der Waals surface area contributed by atoms with Crippen LogP contribution in [-0.4, -0.2) is 0 Å². The van der Waals surface area contributed by atoms with Crippen LogP contribution < -0.4 is 0 Å². The Balaban J connectivity index is 2.36. The fraction of sp³-hybridized carbons (Fsp3) is 1.00. The molecule has 0 aromatic rings. The predicted octanol–water partition coefficient (Wildman–Crippen LogP) is 7.43. The summed E-state index contributed by atoms with van der Waals surface area (Å²) in [5.74, 6) is 7.19. The van der Waals surface area contributed by atoms with Gasteiger partial charge in [0.1, 0.15) is 0 Å². The first-order valence-corrected chi connectivity index (χ1v) is 10.2. The minimum absolute atomic E-state index is 0.813. The van der Waals surface area contributed by atoms with Crippen LogP contribution in [0.2, 0.25) is 0 Å². The highest BCUT2D eigenvalue weighted by Crippen LogP contribution is 2.37. The summed E-state index contributed by atoms with van der Waals surface area (Å²) in [6, 6.07) is 0. The minimum Gasteiger partial charge on any atom is -0.0625 e. The van der Waals surface area contributed by atoms with Crippen molar-refractivity contribution in [1.82, 2.24) is 0 Å². The van der Waals surface area contributed by atoms with Gasteiger partial charge in [0.05, 0.1) is 0 Å². The van der Waals surface area contributed by atoms with Gasteiger partial charge in [0, 0.05) is 0 Å². The van der Waals surface area contributed by atoms with Gasteiger partial charge in [0.25, 0.3) is 0 Å². The second-order valence-electron chi connectivity index (χ2n) is 9.37. The molecule has 0 aromatic heterocycles. The molecule has 1 rings (SSSR count). The van der Waals surface area contributed by atoms with Crippen molar-refractivity contribution in [2.75, 3.05) is 0 Å². The third-order valence-corrected chi connectivity index (χ3v) is 7.55. The summed E-state index contributed by atoms with van der Waals surface area (Å²) in [7, 11) is 0. The summed E-state index contributed by atoms with van der Waals surface area (Å²) in [6.45, 7) is 19.7. The Bertz CT molecular complexity index is 284. The van der Waals surface area contributed by atoms with Crippen LogP contribution in [0.3, 0.4) is 0 Å². The largest absolute Gasteiger partial charge is 0.0625 e. The van der Waals surface area contributed by atoms with Crippen LogP contribution in [0.15, 0.2) is 0 Å². The maximum absolute atomic E-state index is 2.53. The Kier molecular flexibility index (Phi) is 8.50. The average molecular weight is 309 g/mol. The van der Waals surface area contributed by atoms with Crippen LogP contribution in [0.4, 0.5) is 0 Å². The van der Waals surface area contributed by atoms with E-state index < -0.39 is 0 Å². The first kappa shape index (κ1) is 20.0. The molecule has 132 valence electrons. The summed E-state index contributed by atoms with van der Waals surface area (Å²) < 4.78 is 0. The molecule has 1 saturated carbocycles. The van der Waals surface area contributed by atoms with Gasteiger partial charge in [-0.3, -0.25) is 0 Å². The van der Waals surface area contributed by atoms with Gasteiger partial charge in [-0.2, -0.15) is 0 Å². The van der Waals surface area contributed by atoms with Crippen LogP contribution in [-0.2, 0) is 0 Å². The van der Waals surface area contributed by atoms with Crippen molar-refractivity contribution in [1.29, 1.82) is 0 Å². The van der Waals surface area contributed by atoms with Crippen molar-refractivity contribution in [2.45, 2.75) is 93.9 Å². The van der Waals surface area contributed by atoms with Gasteiger partial charge in [-0.05, 0) is 60.2 Å². The molecule has 0 N–H and O–H groups in total. The molecule has 0 radical (unpaired) electrons. The molecule has 0 spiro atoms. The van der Waals surface area contributed by atoms with E-state index in [1.54, 1.807) is 0 Å². The SMILES string of the molecule is CC1CCC(C(C)CCC(C)C(C)C(C)C(C)C(C)C)CC1. The van der Waals surface area contributed by atoms with Crippen molar-refractivity contribution in [3.8, 4) is 0 Å². The molecule has 0 amide bonds. The Morgan fingerprint density at radius 1 is 0.682 bits per heavy atom. The Labute approximate surface area is 141 Å². The van der Waals surface area contributed by atoms with E-state index in [0.717, 1.165) is 47.3 Å². The molecule has 0 heterocycles. The summed E-state index contributed by atoms with van der Waals surface area (Å²) in [5, 5.41) is 0. The standard InChI is InChI=1S/C22H44/c1-15(2)19(6)21(8)20(7)17(4)11-12-18(5)22-13-9-16(3)10-14-22/h15-22H,9-14H2,1-8H3. The summed E-state index contributed by atoms with van der Waals surface area (Å²) >= 11 is 0. The summed E-state index contributed by atoms with van der Waals surface area (Å²) in [6.07, 6.45) is 8.82. The van der Waals surface area contributed by atoms with Crippen LogP contribution in [0.1, 0.15) is 93.9 Å². The Morgan fingerprint density at radius 2 is 1.23 bits per heavy atom. The van der Waals surface area contributed by atoms with Gasteiger partial charge in [0.2, 0.25) is 0 Å². The first-order valence-electron chi connectivity index (χ1n) is 10.2. The Morgan fingerprint density at radius 3 is 1.73 bits per heavy atom. The van der Waals surface area contributed by atoms with E-state index in [1.807, 2.05) is 0 Å². The van der Waals surface area contributed by atoms with Crippen molar-refractivity contribution in [3.63, 3.8) is 0 Å². The highest BCUT2D eigenvalue weighted by Gasteiger charge is 2.27. The zero-order valence-corrected chi connectivity index (χ0v) is 16.9. The lowest BCUT2D eigenvalue weighted by atomic mass is 9.71. The number of rotatable bonds is 8. The van der Waals surface area contributed by atoms with Crippen molar-refractivity contribution in [3.05, 3.63) is 0 Å². The maximum atomic E-state index is 2.53. The summed E-state index contributed by atoms with van der Waals surface area (Å²) in [4.78, 5) is 0. The normalized spacial score (nSPS) is 29.9.